The molecule has 4 aliphatic rings. The molecule has 0 aliphatic heterocycles. The van der Waals surface area contributed by atoms with E-state index in [0.717, 1.165) is 42.9 Å². The first-order valence-electron chi connectivity index (χ1n) is 9.76. The third-order valence-corrected chi connectivity index (χ3v) is 8.67. The summed E-state index contributed by atoms with van der Waals surface area (Å²) in [4.78, 5) is 5.04. The predicted molar refractivity (Wildman–Crippen MR) is 92.2 cm³/mol. The van der Waals surface area contributed by atoms with Crippen LogP contribution in [-0.4, -0.2) is 24.0 Å². The summed E-state index contributed by atoms with van der Waals surface area (Å²) in [6.07, 6.45) is 11.1. The molecule has 4 fully saturated rings. The SMILES string of the molecule is CON=C1CCC2(C)C(CCC3C4CCC(O)C4(C)CCC32)C1. The van der Waals surface area contributed by atoms with Crippen LogP contribution in [0.15, 0.2) is 5.16 Å². The van der Waals surface area contributed by atoms with E-state index in [4.69, 9.17) is 4.84 Å². The summed E-state index contributed by atoms with van der Waals surface area (Å²) >= 11 is 0. The maximum atomic E-state index is 10.5. The van der Waals surface area contributed by atoms with Gasteiger partial charge >= 0.3 is 0 Å². The van der Waals surface area contributed by atoms with Crippen LogP contribution in [0.25, 0.3) is 0 Å². The first kappa shape index (κ1) is 15.9. The molecule has 7 atom stereocenters. The van der Waals surface area contributed by atoms with E-state index in [1.54, 1.807) is 7.11 Å². The van der Waals surface area contributed by atoms with Crippen molar-refractivity contribution >= 4 is 5.71 Å². The van der Waals surface area contributed by atoms with Crippen LogP contribution in [0, 0.1) is 34.5 Å². The summed E-state index contributed by atoms with van der Waals surface area (Å²) in [5, 5.41) is 14.8. The van der Waals surface area contributed by atoms with Gasteiger partial charge in [-0.05, 0) is 92.3 Å². The fraction of sp³-hybridized carbons (Fsp3) is 0.950. The van der Waals surface area contributed by atoms with Crippen molar-refractivity contribution in [3.05, 3.63) is 0 Å². The van der Waals surface area contributed by atoms with Crippen LogP contribution in [0.3, 0.4) is 0 Å². The molecular weight excluding hydrogens is 286 g/mol. The number of aliphatic hydroxyl groups is 1. The van der Waals surface area contributed by atoms with Gasteiger partial charge in [-0.3, -0.25) is 0 Å². The molecular formula is C20H33NO2. The third kappa shape index (κ3) is 2.22. The van der Waals surface area contributed by atoms with E-state index in [-0.39, 0.29) is 11.5 Å². The zero-order chi connectivity index (χ0) is 16.2. The molecule has 130 valence electrons. The summed E-state index contributed by atoms with van der Waals surface area (Å²) in [6.45, 7) is 4.95. The minimum Gasteiger partial charge on any atom is -0.399 e. The summed E-state index contributed by atoms with van der Waals surface area (Å²) in [5.74, 6) is 3.28. The van der Waals surface area contributed by atoms with Gasteiger partial charge in [0.25, 0.3) is 0 Å². The number of aliphatic hydroxyl groups excluding tert-OH is 1. The molecule has 4 rings (SSSR count). The van der Waals surface area contributed by atoms with Crippen molar-refractivity contribution < 1.29 is 9.94 Å². The number of nitrogens with zero attached hydrogens (tertiary/aromatic N) is 1. The van der Waals surface area contributed by atoms with Crippen molar-refractivity contribution in [3.8, 4) is 0 Å². The molecule has 0 aromatic heterocycles. The highest BCUT2D eigenvalue weighted by atomic mass is 16.6. The third-order valence-electron chi connectivity index (χ3n) is 8.67. The minimum atomic E-state index is -0.0502. The first-order valence-corrected chi connectivity index (χ1v) is 9.76. The van der Waals surface area contributed by atoms with E-state index < -0.39 is 0 Å². The van der Waals surface area contributed by atoms with Crippen LogP contribution >= 0.6 is 0 Å². The Labute approximate surface area is 140 Å². The largest absolute Gasteiger partial charge is 0.399 e. The number of hydrogen-bond acceptors (Lipinski definition) is 3. The fourth-order valence-corrected chi connectivity index (χ4v) is 7.24. The van der Waals surface area contributed by atoms with Crippen LogP contribution in [0.2, 0.25) is 0 Å². The first-order chi connectivity index (χ1) is 11.0. The van der Waals surface area contributed by atoms with Crippen LogP contribution in [0.5, 0.6) is 0 Å². The van der Waals surface area contributed by atoms with Crippen LogP contribution in [-0.2, 0) is 4.84 Å². The van der Waals surface area contributed by atoms with Crippen LogP contribution in [0.4, 0.5) is 0 Å². The average molecular weight is 319 g/mol. The minimum absolute atomic E-state index is 0.0502. The quantitative estimate of drug-likeness (QED) is 0.728. The van der Waals surface area contributed by atoms with E-state index >= 15 is 0 Å². The molecule has 7 unspecified atom stereocenters. The van der Waals surface area contributed by atoms with Gasteiger partial charge in [0.05, 0.1) is 11.8 Å². The van der Waals surface area contributed by atoms with Crippen molar-refractivity contribution in [1.82, 2.24) is 0 Å². The molecule has 4 aliphatic carbocycles. The summed E-state index contributed by atoms with van der Waals surface area (Å²) in [7, 11) is 1.67. The van der Waals surface area contributed by atoms with E-state index in [9.17, 15) is 5.11 Å². The smallest absolute Gasteiger partial charge is 0.106 e. The number of hydrogen-bond donors (Lipinski definition) is 1. The Hall–Kier alpha value is -0.570. The van der Waals surface area contributed by atoms with Crippen LogP contribution < -0.4 is 0 Å². The molecule has 1 N–H and O–H groups in total. The molecule has 0 spiro atoms. The molecule has 4 saturated carbocycles. The number of fused-ring (bicyclic) bond motifs is 5. The summed E-state index contributed by atoms with van der Waals surface area (Å²) in [5.41, 5.74) is 1.98. The monoisotopic (exact) mass is 319 g/mol. The molecule has 0 amide bonds. The van der Waals surface area contributed by atoms with E-state index in [0.29, 0.717) is 5.41 Å². The van der Waals surface area contributed by atoms with Gasteiger partial charge < -0.3 is 9.94 Å². The van der Waals surface area contributed by atoms with E-state index in [1.807, 2.05) is 0 Å². The Bertz CT molecular complexity index is 504. The van der Waals surface area contributed by atoms with Gasteiger partial charge in [0, 0.05) is 0 Å². The van der Waals surface area contributed by atoms with Crippen molar-refractivity contribution in [3.63, 3.8) is 0 Å². The van der Waals surface area contributed by atoms with Gasteiger partial charge in [-0.15, -0.1) is 0 Å². The van der Waals surface area contributed by atoms with Crippen molar-refractivity contribution in [2.75, 3.05) is 7.11 Å². The Kier molecular flexibility index (Phi) is 3.79. The van der Waals surface area contributed by atoms with E-state index in [2.05, 4.69) is 19.0 Å². The van der Waals surface area contributed by atoms with Gasteiger partial charge in [-0.1, -0.05) is 19.0 Å². The van der Waals surface area contributed by atoms with Gasteiger partial charge in [0.15, 0.2) is 0 Å². The maximum absolute atomic E-state index is 10.5. The molecule has 3 heteroatoms. The molecule has 3 nitrogen and oxygen atoms in total. The normalized spacial score (nSPS) is 54.3. The highest BCUT2D eigenvalue weighted by Crippen LogP contribution is 2.65. The van der Waals surface area contributed by atoms with Crippen LogP contribution in [0.1, 0.15) is 71.6 Å². The van der Waals surface area contributed by atoms with Gasteiger partial charge in [-0.25, -0.2) is 0 Å². The number of oxime groups is 1. The standard InChI is InChI=1S/C20H33NO2/c1-19-10-8-14(21-23-3)12-13(19)4-5-15-16-6-7-18(22)20(16,2)11-9-17(15)19/h13,15-18,22H,4-12H2,1-3H3. The Balaban J connectivity index is 1.58. The lowest BCUT2D eigenvalue weighted by atomic mass is 9.45. The zero-order valence-electron chi connectivity index (χ0n) is 15.1. The predicted octanol–water partition coefficient (Wildman–Crippen LogP) is 4.39. The molecule has 0 aromatic rings. The second kappa shape index (κ2) is 5.47. The molecule has 23 heavy (non-hydrogen) atoms. The summed E-state index contributed by atoms with van der Waals surface area (Å²) < 4.78 is 0. The Morgan fingerprint density at radius 3 is 2.57 bits per heavy atom. The highest BCUT2D eigenvalue weighted by Gasteiger charge is 2.59. The van der Waals surface area contributed by atoms with Gasteiger partial charge in [0.2, 0.25) is 0 Å². The zero-order valence-corrected chi connectivity index (χ0v) is 15.1. The second-order valence-electron chi connectivity index (χ2n) is 9.34. The summed E-state index contributed by atoms with van der Waals surface area (Å²) in [6, 6.07) is 0. The lowest BCUT2D eigenvalue weighted by Gasteiger charge is -2.60. The van der Waals surface area contributed by atoms with Gasteiger partial charge in [-0.2, -0.15) is 0 Å². The van der Waals surface area contributed by atoms with Crippen molar-refractivity contribution in [2.45, 2.75) is 77.7 Å². The topological polar surface area (TPSA) is 41.8 Å². The Morgan fingerprint density at radius 2 is 1.78 bits per heavy atom. The molecule has 0 bridgehead atoms. The lowest BCUT2D eigenvalue weighted by molar-refractivity contribution is -0.112. The van der Waals surface area contributed by atoms with Crippen molar-refractivity contribution in [1.29, 1.82) is 0 Å². The molecule has 0 radical (unpaired) electrons. The van der Waals surface area contributed by atoms with Gasteiger partial charge in [0.1, 0.15) is 7.11 Å². The highest BCUT2D eigenvalue weighted by molar-refractivity contribution is 5.85. The lowest BCUT2D eigenvalue weighted by Crippen LogP contribution is -2.54. The molecule has 0 aromatic carbocycles. The molecule has 0 saturated heterocycles. The Morgan fingerprint density at radius 1 is 1.00 bits per heavy atom. The van der Waals surface area contributed by atoms with Crippen molar-refractivity contribution in [2.24, 2.45) is 39.7 Å². The fourth-order valence-electron chi connectivity index (χ4n) is 7.24. The maximum Gasteiger partial charge on any atom is 0.106 e. The average Bonchev–Trinajstić information content (AvgIpc) is 2.84. The van der Waals surface area contributed by atoms with E-state index in [1.165, 1.54) is 44.2 Å². The number of rotatable bonds is 1. The second-order valence-corrected chi connectivity index (χ2v) is 9.34. The molecule has 0 heterocycles.